The molecule has 11 nitrogen and oxygen atoms in total. The molecule has 0 unspecified atom stereocenters. The molecule has 0 aliphatic carbocycles. The van der Waals surface area contributed by atoms with Crippen LogP contribution in [0.2, 0.25) is 0 Å². The first kappa shape index (κ1) is 30.9. The molecule has 3 heterocycles. The lowest BCUT2D eigenvalue weighted by Gasteiger charge is -2.39. The zero-order valence-electron chi connectivity index (χ0n) is 25.7. The number of nitrogens with zero attached hydrogens (tertiary/aromatic N) is 2. The maximum atomic E-state index is 14.6. The van der Waals surface area contributed by atoms with E-state index in [0.29, 0.717) is 36.4 Å². The molecule has 240 valence electrons. The first-order valence-electron chi connectivity index (χ1n) is 15.3. The second-order valence-corrected chi connectivity index (χ2v) is 11.7. The molecule has 1 aromatic heterocycles. The first-order chi connectivity index (χ1) is 22.2. The third-order valence-electron chi connectivity index (χ3n) is 8.20. The summed E-state index contributed by atoms with van der Waals surface area (Å²) in [4.78, 5) is 48.6. The number of nitrogens with one attached hydrogen (secondary N) is 3. The van der Waals surface area contributed by atoms with Crippen molar-refractivity contribution in [1.29, 1.82) is 0 Å². The van der Waals surface area contributed by atoms with Crippen LogP contribution in [0.4, 0.5) is 4.39 Å². The number of ether oxygens (including phenoxy) is 3. The van der Waals surface area contributed by atoms with Gasteiger partial charge < -0.3 is 34.7 Å². The number of amides is 3. The molecule has 0 spiro atoms. The molecule has 3 aromatic carbocycles. The van der Waals surface area contributed by atoms with Gasteiger partial charge in [-0.2, -0.15) is 0 Å². The second-order valence-electron chi connectivity index (χ2n) is 11.7. The monoisotopic (exact) mass is 629 g/mol. The molecular weight excluding hydrogens is 593 g/mol. The van der Waals surface area contributed by atoms with E-state index < -0.39 is 23.9 Å². The molecule has 0 radical (unpaired) electrons. The van der Waals surface area contributed by atoms with E-state index in [1.54, 1.807) is 23.1 Å². The van der Waals surface area contributed by atoms with Crippen LogP contribution >= 0.6 is 0 Å². The Labute approximate surface area is 265 Å². The number of likely N-dealkylation sites (tertiary alicyclic amines) is 1. The Balaban J connectivity index is 1.23. The summed E-state index contributed by atoms with van der Waals surface area (Å²) in [5.74, 6) is 0.691. The Hall–Kier alpha value is -5.13. The summed E-state index contributed by atoms with van der Waals surface area (Å²) in [6.45, 7) is 2.27. The average molecular weight is 630 g/mol. The van der Waals surface area contributed by atoms with E-state index in [2.05, 4.69) is 20.6 Å². The van der Waals surface area contributed by atoms with Gasteiger partial charge in [-0.05, 0) is 66.4 Å². The minimum absolute atomic E-state index is 0.0932. The molecule has 12 heteroatoms. The van der Waals surface area contributed by atoms with E-state index in [1.807, 2.05) is 31.2 Å². The molecule has 2 aliphatic heterocycles. The van der Waals surface area contributed by atoms with Crippen LogP contribution in [-0.2, 0) is 33.8 Å². The van der Waals surface area contributed by atoms with Gasteiger partial charge >= 0.3 is 0 Å². The summed E-state index contributed by atoms with van der Waals surface area (Å²) in [5, 5.41) is 5.83. The predicted molar refractivity (Wildman–Crippen MR) is 167 cm³/mol. The second kappa shape index (κ2) is 13.5. The smallest absolute Gasteiger partial charge is 0.258 e. The lowest BCUT2D eigenvalue weighted by molar-refractivity contribution is -0.135. The van der Waals surface area contributed by atoms with Gasteiger partial charge in [-0.15, -0.1) is 0 Å². The van der Waals surface area contributed by atoms with Crippen molar-refractivity contribution >= 4 is 28.8 Å². The number of piperidine rings is 1. The molecule has 46 heavy (non-hydrogen) atoms. The van der Waals surface area contributed by atoms with Crippen molar-refractivity contribution in [2.24, 2.45) is 0 Å². The van der Waals surface area contributed by atoms with Crippen molar-refractivity contribution in [3.8, 4) is 17.2 Å². The van der Waals surface area contributed by atoms with Crippen molar-refractivity contribution < 1.29 is 33.0 Å². The van der Waals surface area contributed by atoms with Crippen LogP contribution in [0, 0.1) is 12.7 Å². The van der Waals surface area contributed by atoms with Crippen molar-refractivity contribution in [3.63, 3.8) is 0 Å². The zero-order valence-corrected chi connectivity index (χ0v) is 25.7. The van der Waals surface area contributed by atoms with E-state index in [9.17, 15) is 18.8 Å². The van der Waals surface area contributed by atoms with Crippen LogP contribution in [0.5, 0.6) is 17.2 Å². The molecule has 1 fully saturated rings. The number of carbonyl (C=O) groups is 3. The highest BCUT2D eigenvalue weighted by molar-refractivity contribution is 5.82. The van der Waals surface area contributed by atoms with Gasteiger partial charge in [0.05, 0.1) is 30.6 Å². The lowest BCUT2D eigenvalue weighted by Crippen LogP contribution is -2.58. The predicted octanol–water partition coefficient (Wildman–Crippen LogP) is 3.37. The molecule has 3 amide bonds. The normalized spacial score (nSPS) is 19.1. The summed E-state index contributed by atoms with van der Waals surface area (Å²) in [6.07, 6.45) is 0.659. The molecule has 6 rings (SSSR count). The highest BCUT2D eigenvalue weighted by Crippen LogP contribution is 2.29. The maximum absolute atomic E-state index is 14.6. The standard InChI is InChI=1S/C34H36FN5O6/c1-20-37-26-6-3-22(13-27(26)38-20)15-34(43)40-10-9-29-28(18-40)39-33(42)19-45-31-14-21(4-7-30(31)44-2)5-8-32(41)36-17-23-11-24(35)16-25(12-23)46-29/h3-4,6-7,11-14,16,28-29H,5,8-10,15,17-19H2,1-2H3,(H,36,41)(H,37,38)(H,39,42)/t28-,29-/m1/s1. The average Bonchev–Trinajstić information content (AvgIpc) is 3.41. The number of H-pyrrole nitrogens is 1. The van der Waals surface area contributed by atoms with E-state index in [4.69, 9.17) is 14.2 Å². The van der Waals surface area contributed by atoms with E-state index in [1.165, 1.54) is 19.2 Å². The van der Waals surface area contributed by atoms with Crippen LogP contribution in [-0.4, -0.2) is 71.5 Å². The lowest BCUT2D eigenvalue weighted by atomic mass is 10.00. The summed E-state index contributed by atoms with van der Waals surface area (Å²) in [6, 6.07) is 14.7. The van der Waals surface area contributed by atoms with Gasteiger partial charge in [-0.1, -0.05) is 12.1 Å². The molecule has 4 bridgehead atoms. The Morgan fingerprint density at radius 1 is 1.07 bits per heavy atom. The molecule has 4 aromatic rings. The van der Waals surface area contributed by atoms with Gasteiger partial charge in [-0.3, -0.25) is 14.4 Å². The maximum Gasteiger partial charge on any atom is 0.258 e. The fourth-order valence-electron chi connectivity index (χ4n) is 5.91. The Kier molecular flexibility index (Phi) is 9.04. The molecule has 3 N–H and O–H groups in total. The summed E-state index contributed by atoms with van der Waals surface area (Å²) >= 11 is 0. The van der Waals surface area contributed by atoms with Gasteiger partial charge in [0.1, 0.15) is 23.5 Å². The van der Waals surface area contributed by atoms with E-state index in [0.717, 1.165) is 28.0 Å². The number of benzene rings is 3. The van der Waals surface area contributed by atoms with Crippen LogP contribution < -0.4 is 24.8 Å². The number of fused-ring (bicyclic) bond motifs is 6. The van der Waals surface area contributed by atoms with Crippen molar-refractivity contribution in [2.45, 2.75) is 51.3 Å². The Bertz CT molecular complexity index is 1770. The molecule has 0 saturated carbocycles. The van der Waals surface area contributed by atoms with E-state index in [-0.39, 0.29) is 50.1 Å². The fourth-order valence-corrected chi connectivity index (χ4v) is 5.91. The van der Waals surface area contributed by atoms with Gasteiger partial charge in [-0.25, -0.2) is 9.37 Å². The highest BCUT2D eigenvalue weighted by atomic mass is 19.1. The quantitative estimate of drug-likeness (QED) is 0.316. The minimum atomic E-state index is -0.606. The number of aryl methyl sites for hydroxylation is 2. The van der Waals surface area contributed by atoms with Gasteiger partial charge in [0, 0.05) is 38.5 Å². The first-order valence-corrected chi connectivity index (χ1v) is 15.3. The highest BCUT2D eigenvalue weighted by Gasteiger charge is 2.34. The molecule has 2 atom stereocenters. The third-order valence-corrected chi connectivity index (χ3v) is 8.20. The molecule has 1 saturated heterocycles. The third kappa shape index (κ3) is 7.39. The SMILES string of the molecule is COc1ccc2cc1OCC(=O)N[C@@H]1CN(C(=O)Cc3ccc4nc(C)[nH]c4c3)CC[C@H]1Oc1cc(F)cc(c1)CNC(=O)CC2. The van der Waals surface area contributed by atoms with Gasteiger partial charge in [0.25, 0.3) is 5.91 Å². The number of aromatic nitrogens is 2. The zero-order chi connectivity index (χ0) is 32.2. The topological polar surface area (TPSA) is 135 Å². The van der Waals surface area contributed by atoms with Crippen molar-refractivity contribution in [1.82, 2.24) is 25.5 Å². The van der Waals surface area contributed by atoms with Crippen LogP contribution in [0.15, 0.2) is 54.6 Å². The van der Waals surface area contributed by atoms with Crippen molar-refractivity contribution in [2.75, 3.05) is 26.8 Å². The van der Waals surface area contributed by atoms with E-state index >= 15 is 0 Å². The molecular formula is C34H36FN5O6. The summed E-state index contributed by atoms with van der Waals surface area (Å²) in [5.41, 5.74) is 3.92. The number of aromatic amines is 1. The van der Waals surface area contributed by atoms with Crippen molar-refractivity contribution in [3.05, 3.63) is 82.9 Å². The number of hydrogen-bond donors (Lipinski definition) is 3. The molecule has 2 aliphatic rings. The van der Waals surface area contributed by atoms with Crippen LogP contribution in [0.1, 0.15) is 35.4 Å². The van der Waals surface area contributed by atoms with Crippen LogP contribution in [0.25, 0.3) is 11.0 Å². The minimum Gasteiger partial charge on any atom is -0.493 e. The summed E-state index contributed by atoms with van der Waals surface area (Å²) in [7, 11) is 1.51. The number of hydrogen-bond acceptors (Lipinski definition) is 7. The number of imidazole rings is 1. The van der Waals surface area contributed by atoms with Gasteiger partial charge in [0.2, 0.25) is 11.8 Å². The summed E-state index contributed by atoms with van der Waals surface area (Å²) < 4.78 is 32.2. The largest absolute Gasteiger partial charge is 0.493 e. The number of carbonyl (C=O) groups excluding carboxylic acids is 3. The number of rotatable bonds is 3. The Morgan fingerprint density at radius 3 is 2.78 bits per heavy atom. The number of methoxy groups -OCH3 is 1. The van der Waals surface area contributed by atoms with Crippen LogP contribution in [0.3, 0.4) is 0 Å². The Morgan fingerprint density at radius 2 is 1.93 bits per heavy atom. The van der Waals surface area contributed by atoms with Gasteiger partial charge in [0.15, 0.2) is 18.1 Å². The number of halogens is 1. The fraction of sp³-hybridized carbons (Fsp3) is 0.353.